The number of nitrogens with one attached hydrogen (secondary N) is 2. The van der Waals surface area contributed by atoms with Gasteiger partial charge in [0.2, 0.25) is 0 Å². The molecule has 1 saturated heterocycles. The molecule has 8 heteroatoms. The number of β-amino-alcohol motifs (C(OH)–C–C–N with tert-alkyl or cyclic N) is 1. The molecule has 7 nitrogen and oxygen atoms in total. The van der Waals surface area contributed by atoms with Crippen LogP contribution >= 0.6 is 11.6 Å². The molecule has 0 spiro atoms. The van der Waals surface area contributed by atoms with Gasteiger partial charge in [-0.3, -0.25) is 9.59 Å². The Labute approximate surface area is 162 Å². The molecule has 0 saturated carbocycles. The van der Waals surface area contributed by atoms with Crippen LogP contribution in [0.2, 0.25) is 5.02 Å². The summed E-state index contributed by atoms with van der Waals surface area (Å²) < 4.78 is 0. The van der Waals surface area contributed by atoms with Gasteiger partial charge in [-0.25, -0.2) is 0 Å². The summed E-state index contributed by atoms with van der Waals surface area (Å²) in [6.45, 7) is 4.23. The first-order valence-electron chi connectivity index (χ1n) is 9.04. The van der Waals surface area contributed by atoms with Crippen LogP contribution in [0.4, 0.5) is 0 Å². The first-order chi connectivity index (χ1) is 12.8. The van der Waals surface area contributed by atoms with Crippen molar-refractivity contribution in [3.63, 3.8) is 0 Å². The van der Waals surface area contributed by atoms with Crippen LogP contribution in [-0.2, 0) is 4.79 Å². The second-order valence-corrected chi connectivity index (χ2v) is 7.57. The van der Waals surface area contributed by atoms with Crippen molar-refractivity contribution < 1.29 is 19.8 Å². The van der Waals surface area contributed by atoms with Crippen molar-refractivity contribution in [3.05, 3.63) is 35.0 Å². The van der Waals surface area contributed by atoms with Gasteiger partial charge in [0.05, 0.1) is 12.1 Å². The van der Waals surface area contributed by atoms with Crippen molar-refractivity contribution in [1.82, 2.24) is 15.2 Å². The predicted molar refractivity (Wildman–Crippen MR) is 103 cm³/mol. The van der Waals surface area contributed by atoms with Gasteiger partial charge in [-0.2, -0.15) is 0 Å². The zero-order chi connectivity index (χ0) is 19.7. The first-order valence-corrected chi connectivity index (χ1v) is 9.42. The molecule has 4 atom stereocenters. The van der Waals surface area contributed by atoms with Gasteiger partial charge in [0.1, 0.15) is 5.69 Å². The zero-order valence-electron chi connectivity index (χ0n) is 15.3. The van der Waals surface area contributed by atoms with Crippen LogP contribution in [-0.4, -0.2) is 63.3 Å². The normalized spacial score (nSPS) is 22.0. The number of nitrogens with zero attached hydrogens (tertiary/aromatic N) is 1. The van der Waals surface area contributed by atoms with Crippen LogP contribution in [0, 0.1) is 5.92 Å². The molecular weight excluding hydrogens is 370 g/mol. The van der Waals surface area contributed by atoms with Gasteiger partial charge in [0.15, 0.2) is 6.10 Å². The maximum absolute atomic E-state index is 12.6. The molecular formula is C19H24ClN3O4. The Morgan fingerprint density at radius 1 is 1.37 bits per heavy atom. The number of carbonyl (C=O) groups excluding carboxylic acids is 2. The van der Waals surface area contributed by atoms with Gasteiger partial charge in [-0.1, -0.05) is 25.4 Å². The number of aliphatic hydroxyl groups is 2. The second kappa shape index (κ2) is 7.88. The van der Waals surface area contributed by atoms with Crippen LogP contribution in [0.1, 0.15) is 30.8 Å². The van der Waals surface area contributed by atoms with Crippen molar-refractivity contribution in [2.24, 2.45) is 5.92 Å². The molecule has 1 aromatic carbocycles. The Kier molecular flexibility index (Phi) is 5.74. The van der Waals surface area contributed by atoms with Crippen molar-refractivity contribution in [3.8, 4) is 0 Å². The Balaban J connectivity index is 1.69. The van der Waals surface area contributed by atoms with E-state index in [1.165, 1.54) is 4.90 Å². The van der Waals surface area contributed by atoms with Crippen molar-refractivity contribution in [2.45, 2.75) is 38.5 Å². The largest absolute Gasteiger partial charge is 0.391 e. The fourth-order valence-corrected chi connectivity index (χ4v) is 3.55. The molecule has 146 valence electrons. The van der Waals surface area contributed by atoms with Crippen molar-refractivity contribution >= 4 is 34.3 Å². The minimum atomic E-state index is -1.37. The number of carbonyl (C=O) groups is 2. The summed E-state index contributed by atoms with van der Waals surface area (Å²) in [6, 6.07) is 6.21. The number of benzene rings is 1. The molecule has 1 aromatic heterocycles. The van der Waals surface area contributed by atoms with Gasteiger partial charge in [-0.05, 0) is 30.7 Å². The molecule has 2 heterocycles. The van der Waals surface area contributed by atoms with Crippen molar-refractivity contribution in [1.29, 1.82) is 0 Å². The lowest BCUT2D eigenvalue weighted by Gasteiger charge is -2.26. The number of hydrogen-bond donors (Lipinski definition) is 4. The van der Waals surface area contributed by atoms with Crippen LogP contribution in [0.3, 0.4) is 0 Å². The molecule has 3 rings (SSSR count). The van der Waals surface area contributed by atoms with E-state index in [-0.39, 0.29) is 12.5 Å². The maximum Gasteiger partial charge on any atom is 0.268 e. The first kappa shape index (κ1) is 19.7. The third-order valence-corrected chi connectivity index (χ3v) is 5.34. The fourth-order valence-electron chi connectivity index (χ4n) is 3.36. The summed E-state index contributed by atoms with van der Waals surface area (Å²) in [5, 5.41) is 24.4. The van der Waals surface area contributed by atoms with Crippen molar-refractivity contribution in [2.75, 3.05) is 13.1 Å². The van der Waals surface area contributed by atoms with E-state index < -0.39 is 30.1 Å². The highest BCUT2D eigenvalue weighted by Crippen LogP contribution is 2.21. The molecule has 1 aliphatic heterocycles. The number of rotatable bonds is 5. The highest BCUT2D eigenvalue weighted by atomic mass is 35.5. The lowest BCUT2D eigenvalue weighted by Crippen LogP contribution is -2.51. The number of amides is 2. The summed E-state index contributed by atoms with van der Waals surface area (Å²) in [4.78, 5) is 29.5. The Morgan fingerprint density at radius 3 is 2.74 bits per heavy atom. The van der Waals surface area contributed by atoms with Gasteiger partial charge in [0, 0.05) is 34.9 Å². The quantitative estimate of drug-likeness (QED) is 0.618. The predicted octanol–water partition coefficient (Wildman–Crippen LogP) is 1.53. The minimum Gasteiger partial charge on any atom is -0.391 e. The summed E-state index contributed by atoms with van der Waals surface area (Å²) in [7, 11) is 0. The monoisotopic (exact) mass is 393 g/mol. The molecule has 0 radical (unpaired) electrons. The Bertz CT molecular complexity index is 843. The van der Waals surface area contributed by atoms with E-state index in [1.807, 2.05) is 6.92 Å². The molecule has 4 N–H and O–H groups in total. The number of fused-ring (bicyclic) bond motifs is 1. The fraction of sp³-hybridized carbons (Fsp3) is 0.474. The van der Waals surface area contributed by atoms with E-state index in [9.17, 15) is 19.8 Å². The third kappa shape index (κ3) is 4.10. The molecule has 1 aliphatic rings. The number of aromatic nitrogens is 1. The zero-order valence-corrected chi connectivity index (χ0v) is 16.0. The van der Waals surface area contributed by atoms with Gasteiger partial charge in [-0.15, -0.1) is 0 Å². The van der Waals surface area contributed by atoms with E-state index in [1.54, 1.807) is 31.2 Å². The molecule has 0 unspecified atom stereocenters. The summed E-state index contributed by atoms with van der Waals surface area (Å²) >= 11 is 5.97. The van der Waals surface area contributed by atoms with Crippen LogP contribution in [0.25, 0.3) is 10.9 Å². The SMILES string of the molecule is CC[C@H](NC(=O)c1cc2cc(Cl)ccc2[nH]1)[C@@H](O)C(=O)N1C[C@@H](C)[C@@H](O)C1. The summed E-state index contributed by atoms with van der Waals surface area (Å²) in [5.74, 6) is -0.918. The topological polar surface area (TPSA) is 106 Å². The molecule has 1 fully saturated rings. The maximum atomic E-state index is 12.6. The highest BCUT2D eigenvalue weighted by molar-refractivity contribution is 6.31. The lowest BCUT2D eigenvalue weighted by molar-refractivity contribution is -0.140. The van der Waals surface area contributed by atoms with Gasteiger partial charge < -0.3 is 25.4 Å². The van der Waals surface area contributed by atoms with Crippen LogP contribution in [0.15, 0.2) is 24.3 Å². The average Bonchev–Trinajstić information content (AvgIpc) is 3.21. The number of hydrogen-bond acceptors (Lipinski definition) is 4. The standard InChI is InChI=1S/C19H24ClN3O4/c1-3-13(17(25)19(27)23-8-10(2)16(24)9-23)22-18(26)15-7-11-6-12(20)4-5-14(11)21-15/h4-7,10,13,16-17,21,24-25H,3,8-9H2,1-2H3,(H,22,26)/t10-,13+,16+,17-/m1/s1. The van der Waals surface area contributed by atoms with E-state index in [0.29, 0.717) is 23.7 Å². The minimum absolute atomic E-state index is 0.0333. The number of likely N-dealkylation sites (tertiary alicyclic amines) is 1. The molecule has 27 heavy (non-hydrogen) atoms. The van der Waals surface area contributed by atoms with Gasteiger partial charge >= 0.3 is 0 Å². The van der Waals surface area contributed by atoms with Gasteiger partial charge in [0.25, 0.3) is 11.8 Å². The highest BCUT2D eigenvalue weighted by Gasteiger charge is 2.36. The molecule has 0 aliphatic carbocycles. The van der Waals surface area contributed by atoms with E-state index in [2.05, 4.69) is 10.3 Å². The van der Waals surface area contributed by atoms with E-state index in [4.69, 9.17) is 11.6 Å². The molecule has 2 aromatic rings. The summed E-state index contributed by atoms with van der Waals surface area (Å²) in [6.07, 6.45) is -1.57. The molecule has 2 amide bonds. The lowest BCUT2D eigenvalue weighted by atomic mass is 10.1. The number of aromatic amines is 1. The Morgan fingerprint density at radius 2 is 2.11 bits per heavy atom. The smallest absolute Gasteiger partial charge is 0.268 e. The molecule has 0 bridgehead atoms. The number of aliphatic hydroxyl groups excluding tert-OH is 2. The number of H-pyrrole nitrogens is 1. The third-order valence-electron chi connectivity index (χ3n) is 5.10. The van der Waals surface area contributed by atoms with E-state index in [0.717, 1.165) is 10.9 Å². The van der Waals surface area contributed by atoms with Crippen LogP contribution < -0.4 is 5.32 Å². The van der Waals surface area contributed by atoms with Crippen LogP contribution in [0.5, 0.6) is 0 Å². The average molecular weight is 394 g/mol. The van der Waals surface area contributed by atoms with E-state index >= 15 is 0 Å². The Hall–Kier alpha value is -2.09. The summed E-state index contributed by atoms with van der Waals surface area (Å²) in [5.41, 5.74) is 1.10. The number of halogens is 1. The second-order valence-electron chi connectivity index (χ2n) is 7.14.